The summed E-state index contributed by atoms with van der Waals surface area (Å²) < 4.78 is 26.6. The second-order valence-electron chi connectivity index (χ2n) is 6.42. The molecule has 0 amide bonds. The molecule has 0 aliphatic heterocycles. The van der Waals surface area contributed by atoms with Gasteiger partial charge in [-0.05, 0) is 48.3 Å². The van der Waals surface area contributed by atoms with Crippen molar-refractivity contribution < 1.29 is 8.78 Å². The Morgan fingerprint density at radius 1 is 1.21 bits per heavy atom. The van der Waals surface area contributed by atoms with Crippen molar-refractivity contribution in [1.29, 1.82) is 0 Å². The van der Waals surface area contributed by atoms with Gasteiger partial charge in [-0.1, -0.05) is 20.8 Å². The van der Waals surface area contributed by atoms with Gasteiger partial charge in [-0.25, -0.2) is 8.78 Å². The Bertz CT molecular complexity index is 420. The lowest BCUT2D eigenvalue weighted by atomic mass is 9.78. The molecule has 1 saturated carbocycles. The molecule has 1 aliphatic carbocycles. The average molecular weight is 267 g/mol. The molecule has 0 bridgehead atoms. The summed E-state index contributed by atoms with van der Waals surface area (Å²) in [6.07, 6.45) is 3.19. The molecule has 2 rings (SSSR count). The highest BCUT2D eigenvalue weighted by molar-refractivity contribution is 5.20. The third-order valence-corrected chi connectivity index (χ3v) is 4.01. The Balaban J connectivity index is 2.11. The van der Waals surface area contributed by atoms with E-state index in [9.17, 15) is 8.78 Å². The second kappa shape index (κ2) is 5.58. The first-order valence-electron chi connectivity index (χ1n) is 7.07. The number of benzene rings is 1. The summed E-state index contributed by atoms with van der Waals surface area (Å²) in [5.74, 6) is -0.292. The fourth-order valence-corrected chi connectivity index (χ4v) is 2.75. The van der Waals surface area contributed by atoms with Gasteiger partial charge < -0.3 is 5.32 Å². The summed E-state index contributed by atoms with van der Waals surface area (Å²) in [6, 6.07) is 4.28. The number of rotatable bonds is 6. The van der Waals surface area contributed by atoms with Crippen LogP contribution in [0.1, 0.15) is 39.2 Å². The zero-order chi connectivity index (χ0) is 14.0. The summed E-state index contributed by atoms with van der Waals surface area (Å²) >= 11 is 0. The minimum absolute atomic E-state index is 0.0878. The maximum Gasteiger partial charge on any atom is 0.126 e. The van der Waals surface area contributed by atoms with Gasteiger partial charge in [0.2, 0.25) is 0 Å². The van der Waals surface area contributed by atoms with E-state index in [0.29, 0.717) is 12.0 Å². The first kappa shape index (κ1) is 14.4. The summed E-state index contributed by atoms with van der Waals surface area (Å²) in [5.41, 5.74) is 0.849. The predicted octanol–water partition coefficient (Wildman–Crippen LogP) is 3.92. The highest BCUT2D eigenvalue weighted by Crippen LogP contribution is 2.47. The van der Waals surface area contributed by atoms with Gasteiger partial charge in [-0.3, -0.25) is 0 Å². The molecule has 19 heavy (non-hydrogen) atoms. The van der Waals surface area contributed by atoms with E-state index in [4.69, 9.17) is 0 Å². The maximum atomic E-state index is 13.3. The van der Waals surface area contributed by atoms with Crippen LogP contribution in [0.15, 0.2) is 18.2 Å². The summed E-state index contributed by atoms with van der Waals surface area (Å²) in [5, 5.41) is 3.47. The van der Waals surface area contributed by atoms with Gasteiger partial charge in [0.1, 0.15) is 11.6 Å². The Labute approximate surface area is 114 Å². The van der Waals surface area contributed by atoms with Gasteiger partial charge in [0.25, 0.3) is 0 Å². The molecular formula is C16H23F2N. The third kappa shape index (κ3) is 4.00. The lowest BCUT2D eigenvalue weighted by molar-refractivity contribution is 0.248. The van der Waals surface area contributed by atoms with Gasteiger partial charge in [-0.2, -0.15) is 0 Å². The molecule has 0 aromatic heterocycles. The van der Waals surface area contributed by atoms with Crippen molar-refractivity contribution in [3.63, 3.8) is 0 Å². The monoisotopic (exact) mass is 267 g/mol. The average Bonchev–Trinajstić information content (AvgIpc) is 3.08. The second-order valence-corrected chi connectivity index (χ2v) is 6.42. The zero-order valence-corrected chi connectivity index (χ0v) is 12.0. The minimum atomic E-state index is -0.482. The standard InChI is InChI=1S/C16H23F2N/c1-11(2)19-10-16(3,13-4-5-13)9-12-6-14(17)8-15(18)7-12/h6-8,11,13,19H,4-5,9-10H2,1-3H3. The summed E-state index contributed by atoms with van der Waals surface area (Å²) in [4.78, 5) is 0. The molecule has 3 heteroatoms. The van der Waals surface area contributed by atoms with E-state index in [1.807, 2.05) is 0 Å². The van der Waals surface area contributed by atoms with Crippen LogP contribution in [0.4, 0.5) is 8.78 Å². The van der Waals surface area contributed by atoms with E-state index < -0.39 is 11.6 Å². The van der Waals surface area contributed by atoms with Gasteiger partial charge in [0.15, 0.2) is 0 Å². The Morgan fingerprint density at radius 2 is 1.79 bits per heavy atom. The molecule has 0 radical (unpaired) electrons. The molecule has 1 atom stereocenters. The van der Waals surface area contributed by atoms with Crippen LogP contribution in [0.5, 0.6) is 0 Å². The molecule has 1 nitrogen and oxygen atoms in total. The Morgan fingerprint density at radius 3 is 2.26 bits per heavy atom. The molecule has 0 saturated heterocycles. The molecule has 106 valence electrons. The third-order valence-electron chi connectivity index (χ3n) is 4.01. The number of hydrogen-bond acceptors (Lipinski definition) is 1. The predicted molar refractivity (Wildman–Crippen MR) is 74.0 cm³/mol. The molecular weight excluding hydrogens is 244 g/mol. The highest BCUT2D eigenvalue weighted by atomic mass is 19.1. The van der Waals surface area contributed by atoms with Crippen LogP contribution in [-0.4, -0.2) is 12.6 Å². The van der Waals surface area contributed by atoms with Crippen molar-refractivity contribution in [2.24, 2.45) is 11.3 Å². The maximum absolute atomic E-state index is 13.3. The van der Waals surface area contributed by atoms with E-state index in [1.165, 1.54) is 25.0 Å². The van der Waals surface area contributed by atoms with Gasteiger partial charge in [-0.15, -0.1) is 0 Å². The summed E-state index contributed by atoms with van der Waals surface area (Å²) in [7, 11) is 0. The van der Waals surface area contributed by atoms with Crippen LogP contribution in [0.3, 0.4) is 0 Å². The molecule has 0 heterocycles. The van der Waals surface area contributed by atoms with E-state index in [0.717, 1.165) is 24.6 Å². The van der Waals surface area contributed by atoms with Crippen molar-refractivity contribution in [2.75, 3.05) is 6.54 Å². The largest absolute Gasteiger partial charge is 0.314 e. The topological polar surface area (TPSA) is 12.0 Å². The Hall–Kier alpha value is -0.960. The number of hydrogen-bond donors (Lipinski definition) is 1. The van der Waals surface area contributed by atoms with Crippen LogP contribution >= 0.6 is 0 Å². The Kier molecular flexibility index (Phi) is 4.24. The van der Waals surface area contributed by atoms with Crippen molar-refractivity contribution in [1.82, 2.24) is 5.32 Å². The molecule has 1 fully saturated rings. The van der Waals surface area contributed by atoms with Crippen LogP contribution in [0, 0.1) is 23.0 Å². The quantitative estimate of drug-likeness (QED) is 0.823. The number of halogens is 2. The SMILES string of the molecule is CC(C)NCC(C)(Cc1cc(F)cc(F)c1)C1CC1. The van der Waals surface area contributed by atoms with E-state index in [2.05, 4.69) is 26.1 Å². The van der Waals surface area contributed by atoms with Crippen LogP contribution in [0.25, 0.3) is 0 Å². The summed E-state index contributed by atoms with van der Waals surface area (Å²) in [6.45, 7) is 7.36. The van der Waals surface area contributed by atoms with Crippen molar-refractivity contribution in [3.05, 3.63) is 35.4 Å². The zero-order valence-electron chi connectivity index (χ0n) is 12.0. The van der Waals surface area contributed by atoms with Crippen LogP contribution < -0.4 is 5.32 Å². The van der Waals surface area contributed by atoms with E-state index in [-0.39, 0.29) is 5.41 Å². The van der Waals surface area contributed by atoms with Gasteiger partial charge >= 0.3 is 0 Å². The molecule has 1 aromatic rings. The lowest BCUT2D eigenvalue weighted by Crippen LogP contribution is -2.38. The normalized spacial score (nSPS) is 18.6. The van der Waals surface area contributed by atoms with Crippen molar-refractivity contribution in [2.45, 2.75) is 46.1 Å². The molecule has 1 aromatic carbocycles. The fraction of sp³-hybridized carbons (Fsp3) is 0.625. The van der Waals surface area contributed by atoms with Crippen molar-refractivity contribution in [3.8, 4) is 0 Å². The van der Waals surface area contributed by atoms with Crippen LogP contribution in [0.2, 0.25) is 0 Å². The number of nitrogens with one attached hydrogen (secondary N) is 1. The van der Waals surface area contributed by atoms with Crippen LogP contribution in [-0.2, 0) is 6.42 Å². The molecule has 1 N–H and O–H groups in total. The smallest absolute Gasteiger partial charge is 0.126 e. The van der Waals surface area contributed by atoms with E-state index >= 15 is 0 Å². The van der Waals surface area contributed by atoms with E-state index in [1.54, 1.807) is 0 Å². The first-order valence-corrected chi connectivity index (χ1v) is 7.07. The lowest BCUT2D eigenvalue weighted by Gasteiger charge is -2.31. The molecule has 1 unspecified atom stereocenters. The molecule has 1 aliphatic rings. The van der Waals surface area contributed by atoms with Gasteiger partial charge in [0, 0.05) is 18.7 Å². The first-order chi connectivity index (χ1) is 8.89. The minimum Gasteiger partial charge on any atom is -0.314 e. The fourth-order valence-electron chi connectivity index (χ4n) is 2.75. The van der Waals surface area contributed by atoms with Gasteiger partial charge in [0.05, 0.1) is 0 Å². The molecule has 0 spiro atoms. The highest BCUT2D eigenvalue weighted by Gasteiger charge is 2.41. The van der Waals surface area contributed by atoms with Crippen molar-refractivity contribution >= 4 is 0 Å².